The number of hydrogen-bond acceptors (Lipinski definition) is 2. The molecule has 0 aliphatic rings. The molecule has 0 spiro atoms. The van der Waals surface area contributed by atoms with Crippen LogP contribution in [0.5, 0.6) is 0 Å². The molecule has 0 unspecified atom stereocenters. The van der Waals surface area contributed by atoms with Crippen LogP contribution in [0.3, 0.4) is 0 Å². The first-order valence-corrected chi connectivity index (χ1v) is 5.68. The van der Waals surface area contributed by atoms with Gasteiger partial charge in [-0.15, -0.1) is 11.6 Å². The van der Waals surface area contributed by atoms with Gasteiger partial charge in [0.05, 0.1) is 11.0 Å². The van der Waals surface area contributed by atoms with Gasteiger partial charge in [-0.05, 0) is 25.0 Å². The van der Waals surface area contributed by atoms with Gasteiger partial charge in [0.15, 0.2) is 0 Å². The van der Waals surface area contributed by atoms with Gasteiger partial charge >= 0.3 is 0 Å². The molecule has 1 aromatic carbocycles. The number of rotatable bonds is 5. The van der Waals surface area contributed by atoms with Crippen LogP contribution < -0.4 is 5.32 Å². The average Bonchev–Trinajstić information content (AvgIpc) is 2.67. The summed E-state index contributed by atoms with van der Waals surface area (Å²) in [5.74, 6) is 1.56. The minimum Gasteiger partial charge on any atom is -0.356 e. The minimum atomic E-state index is 0.724. The van der Waals surface area contributed by atoms with E-state index >= 15 is 0 Å². The van der Waals surface area contributed by atoms with Crippen molar-refractivity contribution in [2.45, 2.75) is 12.8 Å². The van der Waals surface area contributed by atoms with E-state index < -0.39 is 0 Å². The molecule has 15 heavy (non-hydrogen) atoms. The molecule has 0 saturated carbocycles. The highest BCUT2D eigenvalue weighted by Crippen LogP contribution is 2.13. The molecule has 0 aliphatic heterocycles. The summed E-state index contributed by atoms with van der Waals surface area (Å²) in [5.41, 5.74) is 2.06. The van der Waals surface area contributed by atoms with Crippen LogP contribution in [-0.4, -0.2) is 22.4 Å². The zero-order chi connectivity index (χ0) is 10.5. The van der Waals surface area contributed by atoms with Crippen molar-refractivity contribution in [2.75, 3.05) is 17.7 Å². The highest BCUT2D eigenvalue weighted by Gasteiger charge is 1.99. The fourth-order valence-electron chi connectivity index (χ4n) is 1.46. The molecule has 80 valence electrons. The number of anilines is 1. The Morgan fingerprint density at radius 3 is 2.93 bits per heavy atom. The van der Waals surface area contributed by atoms with E-state index in [4.69, 9.17) is 11.6 Å². The van der Waals surface area contributed by atoms with E-state index in [0.29, 0.717) is 0 Å². The maximum absolute atomic E-state index is 5.60. The number of para-hydroxylation sites is 2. The third-order valence-electron chi connectivity index (χ3n) is 2.24. The quantitative estimate of drug-likeness (QED) is 0.604. The SMILES string of the molecule is ClCCCCNc1nc2ccccc2[nH]1. The van der Waals surface area contributed by atoms with Crippen LogP contribution in [0.25, 0.3) is 11.0 Å². The van der Waals surface area contributed by atoms with Crippen LogP contribution >= 0.6 is 11.6 Å². The van der Waals surface area contributed by atoms with Gasteiger partial charge in [0.1, 0.15) is 0 Å². The van der Waals surface area contributed by atoms with Crippen molar-refractivity contribution in [3.05, 3.63) is 24.3 Å². The first-order valence-electron chi connectivity index (χ1n) is 5.15. The lowest BCUT2D eigenvalue weighted by Gasteiger charge is -1.99. The molecule has 0 fully saturated rings. The van der Waals surface area contributed by atoms with Crippen LogP contribution in [0.2, 0.25) is 0 Å². The zero-order valence-corrected chi connectivity index (χ0v) is 9.22. The number of aromatic amines is 1. The number of hydrogen-bond donors (Lipinski definition) is 2. The molecule has 2 rings (SSSR count). The normalized spacial score (nSPS) is 10.7. The molecule has 0 amide bonds. The number of nitrogens with one attached hydrogen (secondary N) is 2. The third kappa shape index (κ3) is 2.63. The van der Waals surface area contributed by atoms with Crippen LogP contribution in [0, 0.1) is 0 Å². The van der Waals surface area contributed by atoms with E-state index in [0.717, 1.165) is 42.2 Å². The number of unbranched alkanes of at least 4 members (excludes halogenated alkanes) is 1. The van der Waals surface area contributed by atoms with Gasteiger partial charge in [0.25, 0.3) is 0 Å². The van der Waals surface area contributed by atoms with E-state index in [1.165, 1.54) is 0 Å². The van der Waals surface area contributed by atoms with E-state index in [9.17, 15) is 0 Å². The minimum absolute atomic E-state index is 0.724. The first-order chi connectivity index (χ1) is 7.40. The van der Waals surface area contributed by atoms with Gasteiger partial charge in [-0.1, -0.05) is 12.1 Å². The maximum atomic E-state index is 5.60. The number of benzene rings is 1. The fourth-order valence-corrected chi connectivity index (χ4v) is 1.65. The van der Waals surface area contributed by atoms with Crippen LogP contribution in [0.15, 0.2) is 24.3 Å². The molecular formula is C11H14ClN3. The molecule has 4 heteroatoms. The molecule has 2 N–H and O–H groups in total. The zero-order valence-electron chi connectivity index (χ0n) is 8.46. The highest BCUT2D eigenvalue weighted by molar-refractivity contribution is 6.17. The molecule has 0 atom stereocenters. The van der Waals surface area contributed by atoms with Crippen molar-refractivity contribution < 1.29 is 0 Å². The van der Waals surface area contributed by atoms with Gasteiger partial charge in [0.2, 0.25) is 5.95 Å². The average molecular weight is 224 g/mol. The van der Waals surface area contributed by atoms with Gasteiger partial charge in [0, 0.05) is 12.4 Å². The summed E-state index contributed by atoms with van der Waals surface area (Å²) in [7, 11) is 0. The molecule has 3 nitrogen and oxygen atoms in total. The van der Waals surface area contributed by atoms with Crippen molar-refractivity contribution in [1.29, 1.82) is 0 Å². The Hall–Kier alpha value is -1.22. The second kappa shape index (κ2) is 5.03. The van der Waals surface area contributed by atoms with Crippen molar-refractivity contribution in [3.63, 3.8) is 0 Å². The lowest BCUT2D eigenvalue weighted by atomic mass is 10.3. The Kier molecular flexibility index (Phi) is 3.45. The Labute approximate surface area is 93.9 Å². The van der Waals surface area contributed by atoms with Gasteiger partial charge < -0.3 is 10.3 Å². The number of nitrogens with zero attached hydrogens (tertiary/aromatic N) is 1. The first kappa shape index (κ1) is 10.3. The molecule has 0 bridgehead atoms. The van der Waals surface area contributed by atoms with E-state index in [1.807, 2.05) is 24.3 Å². The predicted octanol–water partition coefficient (Wildman–Crippen LogP) is 2.99. The second-order valence-corrected chi connectivity index (χ2v) is 3.80. The van der Waals surface area contributed by atoms with E-state index in [2.05, 4.69) is 15.3 Å². The van der Waals surface area contributed by atoms with E-state index in [-0.39, 0.29) is 0 Å². The summed E-state index contributed by atoms with van der Waals surface area (Å²) < 4.78 is 0. The summed E-state index contributed by atoms with van der Waals surface area (Å²) in [6, 6.07) is 8.00. The summed E-state index contributed by atoms with van der Waals surface area (Å²) in [6.45, 7) is 0.909. The van der Waals surface area contributed by atoms with Gasteiger partial charge in [-0.2, -0.15) is 0 Å². The maximum Gasteiger partial charge on any atom is 0.201 e. The molecular weight excluding hydrogens is 210 g/mol. The Morgan fingerprint density at radius 2 is 2.13 bits per heavy atom. The summed E-state index contributed by atoms with van der Waals surface area (Å²) in [5, 5.41) is 3.24. The van der Waals surface area contributed by atoms with Crippen LogP contribution in [-0.2, 0) is 0 Å². The van der Waals surface area contributed by atoms with Crippen LogP contribution in [0.1, 0.15) is 12.8 Å². The Bertz CT molecular complexity index is 391. The van der Waals surface area contributed by atoms with Gasteiger partial charge in [-0.25, -0.2) is 4.98 Å². The van der Waals surface area contributed by atoms with Crippen molar-refractivity contribution in [3.8, 4) is 0 Å². The van der Waals surface area contributed by atoms with Crippen LogP contribution in [0.4, 0.5) is 5.95 Å². The van der Waals surface area contributed by atoms with Crippen molar-refractivity contribution in [1.82, 2.24) is 9.97 Å². The topological polar surface area (TPSA) is 40.7 Å². The number of imidazole rings is 1. The summed E-state index contributed by atoms with van der Waals surface area (Å²) in [4.78, 5) is 7.63. The number of halogens is 1. The number of H-pyrrole nitrogens is 1. The third-order valence-corrected chi connectivity index (χ3v) is 2.51. The van der Waals surface area contributed by atoms with E-state index in [1.54, 1.807) is 0 Å². The molecule has 0 saturated heterocycles. The summed E-state index contributed by atoms with van der Waals surface area (Å²) >= 11 is 5.60. The standard InChI is InChI=1S/C11H14ClN3/c12-7-3-4-8-13-11-14-9-5-1-2-6-10(9)15-11/h1-2,5-6H,3-4,7-8H2,(H2,13,14,15). The molecule has 0 radical (unpaired) electrons. The predicted molar refractivity (Wildman–Crippen MR) is 64.5 cm³/mol. The van der Waals surface area contributed by atoms with Gasteiger partial charge in [-0.3, -0.25) is 0 Å². The Morgan fingerprint density at radius 1 is 1.27 bits per heavy atom. The smallest absolute Gasteiger partial charge is 0.201 e. The number of alkyl halides is 1. The monoisotopic (exact) mass is 223 g/mol. The second-order valence-electron chi connectivity index (χ2n) is 3.43. The van der Waals surface area contributed by atoms with Crippen molar-refractivity contribution in [2.24, 2.45) is 0 Å². The Balaban J connectivity index is 1.97. The fraction of sp³-hybridized carbons (Fsp3) is 0.364. The molecule has 0 aliphatic carbocycles. The highest BCUT2D eigenvalue weighted by atomic mass is 35.5. The summed E-state index contributed by atoms with van der Waals surface area (Å²) in [6.07, 6.45) is 2.11. The largest absolute Gasteiger partial charge is 0.356 e. The lowest BCUT2D eigenvalue weighted by Crippen LogP contribution is -2.02. The number of aromatic nitrogens is 2. The molecule has 2 aromatic rings. The van der Waals surface area contributed by atoms with Crippen molar-refractivity contribution >= 4 is 28.6 Å². The molecule has 1 heterocycles. The molecule has 1 aromatic heterocycles. The lowest BCUT2D eigenvalue weighted by molar-refractivity contribution is 0.834. The number of fused-ring (bicyclic) bond motifs is 1.